The summed E-state index contributed by atoms with van der Waals surface area (Å²) in [6, 6.07) is 5.74. The van der Waals surface area contributed by atoms with Crippen LogP contribution in [0.4, 0.5) is 0 Å². The number of benzene rings is 1. The fourth-order valence-electron chi connectivity index (χ4n) is 2.00. The molecular formula is C14H17Cl2N3. The molecule has 0 saturated heterocycles. The zero-order valence-electron chi connectivity index (χ0n) is 11.0. The Kier molecular flexibility index (Phi) is 4.86. The van der Waals surface area contributed by atoms with E-state index in [1.165, 1.54) is 5.69 Å². The molecule has 1 unspecified atom stereocenters. The highest BCUT2D eigenvalue weighted by Gasteiger charge is 2.10. The van der Waals surface area contributed by atoms with E-state index >= 15 is 0 Å². The highest BCUT2D eigenvalue weighted by atomic mass is 35.5. The molecule has 0 amide bonds. The normalized spacial score (nSPS) is 12.6. The van der Waals surface area contributed by atoms with Gasteiger partial charge in [-0.25, -0.2) is 4.98 Å². The van der Waals surface area contributed by atoms with Gasteiger partial charge in [0.15, 0.2) is 0 Å². The van der Waals surface area contributed by atoms with Gasteiger partial charge in [-0.3, -0.25) is 0 Å². The maximum atomic E-state index is 6.20. The third kappa shape index (κ3) is 3.50. The third-order valence-corrected chi connectivity index (χ3v) is 3.72. The Morgan fingerprint density at radius 2 is 2.16 bits per heavy atom. The summed E-state index contributed by atoms with van der Waals surface area (Å²) in [6.45, 7) is 5.87. The molecule has 1 aromatic heterocycles. The Balaban J connectivity index is 2.03. The van der Waals surface area contributed by atoms with Crippen molar-refractivity contribution in [3.8, 4) is 0 Å². The number of imidazole rings is 1. The van der Waals surface area contributed by atoms with Crippen molar-refractivity contribution in [3.63, 3.8) is 0 Å². The van der Waals surface area contributed by atoms with Gasteiger partial charge in [0.25, 0.3) is 0 Å². The molecule has 2 aromatic rings. The summed E-state index contributed by atoms with van der Waals surface area (Å²) in [5.74, 6) is 0. The first kappa shape index (κ1) is 14.4. The van der Waals surface area contributed by atoms with Crippen LogP contribution in [0.25, 0.3) is 0 Å². The molecule has 1 atom stereocenters. The number of hydrogen-bond acceptors (Lipinski definition) is 2. The molecule has 1 aromatic carbocycles. The number of nitrogens with one attached hydrogen (secondary N) is 1. The second kappa shape index (κ2) is 6.42. The van der Waals surface area contributed by atoms with Gasteiger partial charge in [-0.2, -0.15) is 0 Å². The van der Waals surface area contributed by atoms with E-state index in [0.717, 1.165) is 18.7 Å². The Bertz CT molecular complexity index is 551. The summed E-state index contributed by atoms with van der Waals surface area (Å²) < 4.78 is 2.11. The minimum absolute atomic E-state index is 0.157. The molecule has 19 heavy (non-hydrogen) atoms. The van der Waals surface area contributed by atoms with Gasteiger partial charge in [0.2, 0.25) is 0 Å². The molecule has 3 nitrogen and oxygen atoms in total. The van der Waals surface area contributed by atoms with E-state index in [2.05, 4.69) is 28.7 Å². The number of rotatable bonds is 5. The van der Waals surface area contributed by atoms with Crippen LogP contribution in [-0.4, -0.2) is 9.55 Å². The molecule has 0 spiro atoms. The van der Waals surface area contributed by atoms with Crippen molar-refractivity contribution in [1.29, 1.82) is 0 Å². The van der Waals surface area contributed by atoms with Crippen LogP contribution in [0.1, 0.15) is 31.1 Å². The van der Waals surface area contributed by atoms with Gasteiger partial charge >= 0.3 is 0 Å². The van der Waals surface area contributed by atoms with Gasteiger partial charge in [-0.05, 0) is 31.5 Å². The fourth-order valence-corrected chi connectivity index (χ4v) is 2.57. The Labute approximate surface area is 123 Å². The van der Waals surface area contributed by atoms with Gasteiger partial charge in [-0.15, -0.1) is 0 Å². The quantitative estimate of drug-likeness (QED) is 0.902. The molecule has 0 bridgehead atoms. The van der Waals surface area contributed by atoms with E-state index in [1.54, 1.807) is 6.07 Å². The third-order valence-electron chi connectivity index (χ3n) is 3.16. The molecule has 0 aliphatic heterocycles. The first-order valence-electron chi connectivity index (χ1n) is 6.29. The fraction of sp³-hybridized carbons (Fsp3) is 0.357. The SMILES string of the molecule is CCn1cncc1CNC(C)c1ccc(Cl)cc1Cl. The second-order valence-electron chi connectivity index (χ2n) is 4.44. The molecule has 102 valence electrons. The molecular weight excluding hydrogens is 281 g/mol. The van der Waals surface area contributed by atoms with Gasteiger partial charge in [0, 0.05) is 35.4 Å². The van der Waals surface area contributed by atoms with Crippen molar-refractivity contribution >= 4 is 23.2 Å². The predicted octanol–water partition coefficient (Wildman–Crippen LogP) is 4.06. The average Bonchev–Trinajstić information content (AvgIpc) is 2.83. The number of aryl methyl sites for hydroxylation is 1. The van der Waals surface area contributed by atoms with Crippen LogP contribution < -0.4 is 5.32 Å². The van der Waals surface area contributed by atoms with E-state index in [4.69, 9.17) is 23.2 Å². The minimum atomic E-state index is 0.157. The smallest absolute Gasteiger partial charge is 0.0948 e. The van der Waals surface area contributed by atoms with Crippen molar-refractivity contribution in [2.75, 3.05) is 0 Å². The molecule has 5 heteroatoms. The molecule has 0 aliphatic carbocycles. The van der Waals surface area contributed by atoms with E-state index < -0.39 is 0 Å². The Hall–Kier alpha value is -1.03. The maximum Gasteiger partial charge on any atom is 0.0948 e. The highest BCUT2D eigenvalue weighted by molar-refractivity contribution is 6.35. The zero-order valence-corrected chi connectivity index (χ0v) is 12.5. The van der Waals surface area contributed by atoms with Crippen molar-refractivity contribution in [1.82, 2.24) is 14.9 Å². The molecule has 0 radical (unpaired) electrons. The topological polar surface area (TPSA) is 29.9 Å². The summed E-state index contributed by atoms with van der Waals surface area (Å²) in [6.07, 6.45) is 3.73. The lowest BCUT2D eigenvalue weighted by Crippen LogP contribution is -2.20. The summed E-state index contributed by atoms with van der Waals surface area (Å²) in [5.41, 5.74) is 2.22. The highest BCUT2D eigenvalue weighted by Crippen LogP contribution is 2.26. The summed E-state index contributed by atoms with van der Waals surface area (Å²) in [5, 5.41) is 4.80. The van der Waals surface area contributed by atoms with Crippen molar-refractivity contribution in [3.05, 3.63) is 52.0 Å². The summed E-state index contributed by atoms with van der Waals surface area (Å²) in [7, 11) is 0. The van der Waals surface area contributed by atoms with E-state index in [1.807, 2.05) is 24.7 Å². The van der Waals surface area contributed by atoms with Gasteiger partial charge in [-0.1, -0.05) is 29.3 Å². The first-order valence-corrected chi connectivity index (χ1v) is 7.04. The molecule has 2 rings (SSSR count). The lowest BCUT2D eigenvalue weighted by Gasteiger charge is -2.16. The van der Waals surface area contributed by atoms with Crippen LogP contribution in [0.15, 0.2) is 30.7 Å². The van der Waals surface area contributed by atoms with E-state index in [-0.39, 0.29) is 6.04 Å². The number of nitrogens with zero attached hydrogens (tertiary/aromatic N) is 2. The molecule has 1 N–H and O–H groups in total. The van der Waals surface area contributed by atoms with Crippen LogP contribution in [-0.2, 0) is 13.1 Å². The zero-order chi connectivity index (χ0) is 13.8. The van der Waals surface area contributed by atoms with Crippen LogP contribution in [0.5, 0.6) is 0 Å². The van der Waals surface area contributed by atoms with Crippen molar-refractivity contribution in [2.45, 2.75) is 33.0 Å². The Morgan fingerprint density at radius 3 is 2.84 bits per heavy atom. The monoisotopic (exact) mass is 297 g/mol. The lowest BCUT2D eigenvalue weighted by molar-refractivity contribution is 0.550. The van der Waals surface area contributed by atoms with E-state index in [0.29, 0.717) is 10.0 Å². The minimum Gasteiger partial charge on any atom is -0.334 e. The van der Waals surface area contributed by atoms with Gasteiger partial charge < -0.3 is 9.88 Å². The van der Waals surface area contributed by atoms with Gasteiger partial charge in [0.1, 0.15) is 0 Å². The van der Waals surface area contributed by atoms with Gasteiger partial charge in [0.05, 0.1) is 12.0 Å². The Morgan fingerprint density at radius 1 is 1.37 bits per heavy atom. The molecule has 1 heterocycles. The van der Waals surface area contributed by atoms with Crippen LogP contribution in [0.3, 0.4) is 0 Å². The lowest BCUT2D eigenvalue weighted by atomic mass is 10.1. The average molecular weight is 298 g/mol. The number of aromatic nitrogens is 2. The number of hydrogen-bond donors (Lipinski definition) is 1. The molecule has 0 aliphatic rings. The van der Waals surface area contributed by atoms with Crippen LogP contribution in [0, 0.1) is 0 Å². The second-order valence-corrected chi connectivity index (χ2v) is 5.28. The largest absolute Gasteiger partial charge is 0.334 e. The van der Waals surface area contributed by atoms with Crippen molar-refractivity contribution < 1.29 is 0 Å². The van der Waals surface area contributed by atoms with Crippen molar-refractivity contribution in [2.24, 2.45) is 0 Å². The standard InChI is InChI=1S/C14H17Cl2N3/c1-3-19-9-17-7-12(19)8-18-10(2)13-5-4-11(15)6-14(13)16/h4-7,9-10,18H,3,8H2,1-2H3. The predicted molar refractivity (Wildman–Crippen MR) is 79.6 cm³/mol. The summed E-state index contributed by atoms with van der Waals surface area (Å²) in [4.78, 5) is 4.15. The van der Waals surface area contributed by atoms with E-state index in [9.17, 15) is 0 Å². The van der Waals surface area contributed by atoms with Crippen LogP contribution >= 0.6 is 23.2 Å². The molecule has 0 fully saturated rings. The maximum absolute atomic E-state index is 6.20. The van der Waals surface area contributed by atoms with Crippen LogP contribution in [0.2, 0.25) is 10.0 Å². The summed E-state index contributed by atoms with van der Waals surface area (Å²) >= 11 is 12.1. The first-order chi connectivity index (χ1) is 9.11. The number of halogens is 2. The molecule has 0 saturated carbocycles.